The molecule has 26 heavy (non-hydrogen) atoms. The number of rotatable bonds is 4. The van der Waals surface area contributed by atoms with Gasteiger partial charge in [-0.15, -0.1) is 0 Å². The van der Waals surface area contributed by atoms with Gasteiger partial charge in [-0.2, -0.15) is 5.26 Å². The molecule has 1 aliphatic carbocycles. The summed E-state index contributed by atoms with van der Waals surface area (Å²) in [5.41, 5.74) is 1.19. The Hall–Kier alpha value is -2.55. The van der Waals surface area contributed by atoms with E-state index in [0.717, 1.165) is 5.56 Å². The van der Waals surface area contributed by atoms with Crippen molar-refractivity contribution in [1.82, 2.24) is 4.98 Å². The molecule has 6 heteroatoms. The molecule has 1 heterocycles. The van der Waals surface area contributed by atoms with Gasteiger partial charge in [0.2, 0.25) is 0 Å². The summed E-state index contributed by atoms with van der Waals surface area (Å²) >= 11 is 0. The van der Waals surface area contributed by atoms with E-state index in [-0.39, 0.29) is 17.8 Å². The number of aromatic nitrogens is 1. The highest BCUT2D eigenvalue weighted by atomic mass is 16.5. The molecule has 0 radical (unpaired) electrons. The molecular formula is C20H24N2O4. The van der Waals surface area contributed by atoms with Crippen LogP contribution in [-0.2, 0) is 14.9 Å². The highest BCUT2D eigenvalue weighted by Gasteiger charge is 2.46. The van der Waals surface area contributed by atoms with Crippen LogP contribution in [0.25, 0.3) is 11.1 Å². The summed E-state index contributed by atoms with van der Waals surface area (Å²) in [4.78, 5) is 17.5. The van der Waals surface area contributed by atoms with Crippen molar-refractivity contribution in [2.45, 2.75) is 50.9 Å². The van der Waals surface area contributed by atoms with E-state index in [1.807, 2.05) is 26.0 Å². The Bertz CT molecular complexity index is 855. The lowest BCUT2D eigenvalue weighted by Crippen LogP contribution is -2.40. The van der Waals surface area contributed by atoms with Crippen LogP contribution in [0.5, 0.6) is 5.75 Å². The predicted molar refractivity (Wildman–Crippen MR) is 95.9 cm³/mol. The first kappa shape index (κ1) is 18.2. The molecule has 1 aromatic carbocycles. The van der Waals surface area contributed by atoms with Crippen LogP contribution >= 0.6 is 0 Å². The molecule has 0 saturated heterocycles. The van der Waals surface area contributed by atoms with E-state index in [9.17, 15) is 10.1 Å². The minimum atomic E-state index is -0.808. The fourth-order valence-electron chi connectivity index (χ4n) is 3.81. The van der Waals surface area contributed by atoms with E-state index < -0.39 is 5.41 Å². The van der Waals surface area contributed by atoms with Crippen molar-refractivity contribution in [1.29, 1.82) is 5.26 Å². The largest absolute Gasteiger partial charge is 0.493 e. The summed E-state index contributed by atoms with van der Waals surface area (Å²) in [6.45, 7) is 4.01. The van der Waals surface area contributed by atoms with E-state index in [4.69, 9.17) is 13.9 Å². The van der Waals surface area contributed by atoms with Gasteiger partial charge in [-0.05, 0) is 37.3 Å². The third kappa shape index (κ3) is 2.82. The summed E-state index contributed by atoms with van der Waals surface area (Å²) < 4.78 is 16.5. The molecule has 3 rings (SSSR count). The van der Waals surface area contributed by atoms with E-state index in [0.29, 0.717) is 48.4 Å². The van der Waals surface area contributed by atoms with Gasteiger partial charge in [-0.1, -0.05) is 19.9 Å². The van der Waals surface area contributed by atoms with E-state index in [2.05, 4.69) is 11.1 Å². The maximum Gasteiger partial charge on any atom is 0.316 e. The summed E-state index contributed by atoms with van der Waals surface area (Å²) in [5, 5.41) is 9.22. The van der Waals surface area contributed by atoms with Gasteiger partial charge in [0, 0.05) is 11.8 Å². The van der Waals surface area contributed by atoms with Crippen molar-refractivity contribution in [3.8, 4) is 11.8 Å². The SMILES string of the molecule is COc1ccc([C@]2(C(=O)OC)CC[C@@H](C#N)CC2)c2nc(C(C)C)oc12. The van der Waals surface area contributed by atoms with Gasteiger partial charge in [0.05, 0.1) is 25.7 Å². The van der Waals surface area contributed by atoms with Crippen LogP contribution in [0.4, 0.5) is 0 Å². The lowest BCUT2D eigenvalue weighted by Gasteiger charge is -2.36. The van der Waals surface area contributed by atoms with Gasteiger partial charge in [0.25, 0.3) is 0 Å². The Labute approximate surface area is 153 Å². The van der Waals surface area contributed by atoms with Crippen LogP contribution in [0.2, 0.25) is 0 Å². The van der Waals surface area contributed by atoms with Crippen molar-refractivity contribution in [3.05, 3.63) is 23.6 Å². The number of nitriles is 1. The summed E-state index contributed by atoms with van der Waals surface area (Å²) in [5.74, 6) is 1.01. The van der Waals surface area contributed by atoms with Crippen LogP contribution < -0.4 is 4.74 Å². The monoisotopic (exact) mass is 356 g/mol. The fraction of sp³-hybridized carbons (Fsp3) is 0.550. The molecule has 0 N–H and O–H groups in total. The lowest BCUT2D eigenvalue weighted by molar-refractivity contribution is -0.149. The van der Waals surface area contributed by atoms with Crippen LogP contribution in [0.3, 0.4) is 0 Å². The Morgan fingerprint density at radius 2 is 2.04 bits per heavy atom. The molecule has 0 atom stereocenters. The Balaban J connectivity index is 2.20. The van der Waals surface area contributed by atoms with Crippen molar-refractivity contribution in [3.63, 3.8) is 0 Å². The van der Waals surface area contributed by atoms with Crippen molar-refractivity contribution in [2.75, 3.05) is 14.2 Å². The highest BCUT2D eigenvalue weighted by Crippen LogP contribution is 2.46. The van der Waals surface area contributed by atoms with Gasteiger partial charge in [0.1, 0.15) is 5.52 Å². The third-order valence-corrected chi connectivity index (χ3v) is 5.35. The number of methoxy groups -OCH3 is 2. The van der Waals surface area contributed by atoms with Crippen molar-refractivity contribution in [2.24, 2.45) is 5.92 Å². The van der Waals surface area contributed by atoms with Crippen LogP contribution in [-0.4, -0.2) is 25.2 Å². The number of ether oxygens (including phenoxy) is 2. The fourth-order valence-corrected chi connectivity index (χ4v) is 3.81. The number of carbonyl (C=O) groups is 1. The van der Waals surface area contributed by atoms with Gasteiger partial charge in [0.15, 0.2) is 17.2 Å². The van der Waals surface area contributed by atoms with Crippen LogP contribution in [0.15, 0.2) is 16.5 Å². The van der Waals surface area contributed by atoms with E-state index in [1.54, 1.807) is 7.11 Å². The zero-order valence-electron chi connectivity index (χ0n) is 15.7. The Morgan fingerprint density at radius 1 is 1.35 bits per heavy atom. The first-order valence-corrected chi connectivity index (χ1v) is 8.92. The topological polar surface area (TPSA) is 85.4 Å². The highest BCUT2D eigenvalue weighted by molar-refractivity contribution is 5.92. The van der Waals surface area contributed by atoms with Gasteiger partial charge < -0.3 is 13.9 Å². The number of carbonyl (C=O) groups excluding carboxylic acids is 1. The second kappa shape index (κ2) is 6.99. The molecule has 0 spiro atoms. The number of benzene rings is 1. The zero-order chi connectivity index (χ0) is 18.9. The van der Waals surface area contributed by atoms with Crippen molar-refractivity contribution < 1.29 is 18.7 Å². The van der Waals surface area contributed by atoms with E-state index in [1.165, 1.54) is 7.11 Å². The molecule has 138 valence electrons. The third-order valence-electron chi connectivity index (χ3n) is 5.35. The number of oxazole rings is 1. The molecule has 6 nitrogen and oxygen atoms in total. The second-order valence-corrected chi connectivity index (χ2v) is 7.18. The van der Waals surface area contributed by atoms with E-state index >= 15 is 0 Å². The molecular weight excluding hydrogens is 332 g/mol. The van der Waals surface area contributed by atoms with Crippen LogP contribution in [0.1, 0.15) is 56.9 Å². The van der Waals surface area contributed by atoms with Crippen molar-refractivity contribution >= 4 is 17.1 Å². The molecule has 1 fully saturated rings. The summed E-state index contributed by atoms with van der Waals surface area (Å²) in [7, 11) is 2.99. The Kier molecular flexibility index (Phi) is 4.90. The number of hydrogen-bond acceptors (Lipinski definition) is 6. The number of fused-ring (bicyclic) bond motifs is 1. The molecule has 2 aromatic rings. The number of nitrogens with zero attached hydrogens (tertiary/aromatic N) is 2. The second-order valence-electron chi connectivity index (χ2n) is 7.18. The standard InChI is InChI=1S/C20H24N2O4/c1-12(2)18-22-16-14(5-6-15(24-3)17(16)26-18)20(19(23)25-4)9-7-13(11-21)8-10-20/h5-6,12-13H,7-10H2,1-4H3/t13-,20+. The molecule has 0 aliphatic heterocycles. The smallest absolute Gasteiger partial charge is 0.316 e. The molecule has 0 unspecified atom stereocenters. The lowest BCUT2D eigenvalue weighted by atomic mass is 9.66. The minimum Gasteiger partial charge on any atom is -0.493 e. The maximum absolute atomic E-state index is 12.8. The average Bonchev–Trinajstić information content (AvgIpc) is 3.12. The van der Waals surface area contributed by atoms with Gasteiger partial charge in [-0.3, -0.25) is 4.79 Å². The number of hydrogen-bond donors (Lipinski definition) is 0. The summed E-state index contributed by atoms with van der Waals surface area (Å²) in [6, 6.07) is 6.02. The number of esters is 1. The molecule has 1 aromatic heterocycles. The summed E-state index contributed by atoms with van der Waals surface area (Å²) in [6.07, 6.45) is 2.44. The quantitative estimate of drug-likeness (QED) is 0.767. The first-order valence-electron chi connectivity index (χ1n) is 8.92. The molecule has 0 bridgehead atoms. The minimum absolute atomic E-state index is 0.0231. The normalized spacial score (nSPS) is 23.0. The average molecular weight is 356 g/mol. The molecule has 0 amide bonds. The zero-order valence-corrected chi connectivity index (χ0v) is 15.7. The van der Waals surface area contributed by atoms with Gasteiger partial charge >= 0.3 is 5.97 Å². The Morgan fingerprint density at radius 3 is 2.58 bits per heavy atom. The first-order chi connectivity index (χ1) is 12.5. The molecule has 1 saturated carbocycles. The van der Waals surface area contributed by atoms with Gasteiger partial charge in [-0.25, -0.2) is 4.98 Å². The van der Waals surface area contributed by atoms with Crippen LogP contribution in [0, 0.1) is 17.2 Å². The molecule has 1 aliphatic rings. The maximum atomic E-state index is 12.8. The predicted octanol–water partition coefficient (Wildman–Crippen LogP) is 4.08.